The Bertz CT molecular complexity index is 709. The number of aldehydes is 1. The van der Waals surface area contributed by atoms with Gasteiger partial charge in [-0.15, -0.1) is 0 Å². The van der Waals surface area contributed by atoms with Crippen LogP contribution in [-0.2, 0) is 4.79 Å². The summed E-state index contributed by atoms with van der Waals surface area (Å²) < 4.78 is 19.2. The molecule has 3 rings (SSSR count). The van der Waals surface area contributed by atoms with Gasteiger partial charge in [0.1, 0.15) is 11.6 Å². The van der Waals surface area contributed by atoms with Gasteiger partial charge in [0, 0.05) is 5.56 Å². The number of para-hydroxylation sites is 1. The van der Waals surface area contributed by atoms with Crippen molar-refractivity contribution in [1.29, 1.82) is 0 Å². The summed E-state index contributed by atoms with van der Waals surface area (Å²) in [4.78, 5) is 11.3. The highest BCUT2D eigenvalue weighted by molar-refractivity contribution is 6.51. The molecule has 0 fully saturated rings. The summed E-state index contributed by atoms with van der Waals surface area (Å²) >= 11 is 6.27. The molecular weight excluding hydrogens is 279 g/mol. The fraction of sp³-hybridized carbons (Fsp3) is 0.0625. The van der Waals surface area contributed by atoms with Gasteiger partial charge in [-0.05, 0) is 29.8 Å². The molecule has 2 nitrogen and oxygen atoms in total. The zero-order chi connectivity index (χ0) is 14.1. The molecule has 0 saturated carbocycles. The van der Waals surface area contributed by atoms with Crippen molar-refractivity contribution in [2.75, 3.05) is 0 Å². The molecule has 2 aromatic rings. The molecule has 0 bridgehead atoms. The van der Waals surface area contributed by atoms with Crippen LogP contribution >= 0.6 is 11.6 Å². The number of carbonyl (C=O) groups is 1. The van der Waals surface area contributed by atoms with Gasteiger partial charge in [-0.25, -0.2) is 4.39 Å². The minimum absolute atomic E-state index is 0.302. The van der Waals surface area contributed by atoms with Crippen molar-refractivity contribution in [3.05, 3.63) is 71.0 Å². The van der Waals surface area contributed by atoms with Crippen molar-refractivity contribution >= 4 is 22.9 Å². The van der Waals surface area contributed by atoms with E-state index in [1.165, 1.54) is 12.1 Å². The summed E-state index contributed by atoms with van der Waals surface area (Å²) in [6, 6.07) is 13.1. The minimum atomic E-state index is -0.689. The lowest BCUT2D eigenvalue weighted by atomic mass is 9.96. The normalized spacial score (nSPS) is 17.4. The molecular formula is C16H10ClFO2. The fourth-order valence-corrected chi connectivity index (χ4v) is 2.54. The Morgan fingerprint density at radius 3 is 2.70 bits per heavy atom. The van der Waals surface area contributed by atoms with Crippen molar-refractivity contribution < 1.29 is 13.9 Å². The molecule has 4 heteroatoms. The average Bonchev–Trinajstić information content (AvgIpc) is 2.47. The Kier molecular flexibility index (Phi) is 3.28. The van der Waals surface area contributed by atoms with Gasteiger partial charge in [0.05, 0.1) is 10.6 Å². The van der Waals surface area contributed by atoms with Gasteiger partial charge < -0.3 is 4.74 Å². The van der Waals surface area contributed by atoms with Crippen LogP contribution in [0.15, 0.2) is 54.1 Å². The Hall–Kier alpha value is -2.13. The van der Waals surface area contributed by atoms with E-state index in [0.717, 1.165) is 0 Å². The van der Waals surface area contributed by atoms with Crippen LogP contribution in [0.25, 0.3) is 5.03 Å². The standard InChI is InChI=1S/C16H10ClFO2/c17-15-12-6-1-2-7-14(12)20-16(13(15)9-19)10-4-3-5-11(18)8-10/h1-9,16H. The van der Waals surface area contributed by atoms with Gasteiger partial charge in [0.2, 0.25) is 0 Å². The number of benzene rings is 2. The topological polar surface area (TPSA) is 26.3 Å². The van der Waals surface area contributed by atoms with Gasteiger partial charge >= 0.3 is 0 Å². The molecule has 0 radical (unpaired) electrons. The summed E-state index contributed by atoms with van der Waals surface area (Å²) in [6.45, 7) is 0. The zero-order valence-corrected chi connectivity index (χ0v) is 11.1. The van der Waals surface area contributed by atoms with Crippen LogP contribution in [0.3, 0.4) is 0 Å². The number of fused-ring (bicyclic) bond motifs is 1. The van der Waals surface area contributed by atoms with Crippen molar-refractivity contribution in [3.63, 3.8) is 0 Å². The van der Waals surface area contributed by atoms with Crippen LogP contribution in [0.1, 0.15) is 17.2 Å². The molecule has 1 aliphatic heterocycles. The molecule has 0 amide bonds. The second kappa shape index (κ2) is 5.10. The van der Waals surface area contributed by atoms with Crippen LogP contribution < -0.4 is 4.74 Å². The third kappa shape index (κ3) is 2.10. The predicted molar refractivity (Wildman–Crippen MR) is 75.0 cm³/mol. The van der Waals surface area contributed by atoms with E-state index in [2.05, 4.69) is 0 Å². The summed E-state index contributed by atoms with van der Waals surface area (Å²) in [7, 11) is 0. The highest BCUT2D eigenvalue weighted by atomic mass is 35.5. The molecule has 1 heterocycles. The molecule has 1 unspecified atom stereocenters. The first-order chi connectivity index (χ1) is 9.70. The molecule has 0 aliphatic carbocycles. The first kappa shape index (κ1) is 12.9. The van der Waals surface area contributed by atoms with E-state index in [-0.39, 0.29) is 5.82 Å². The van der Waals surface area contributed by atoms with E-state index in [1.54, 1.807) is 24.3 Å². The Balaban J connectivity index is 2.15. The number of halogens is 2. The summed E-state index contributed by atoms with van der Waals surface area (Å²) in [6.07, 6.45) is -0.0287. The van der Waals surface area contributed by atoms with E-state index in [0.29, 0.717) is 33.8 Å². The predicted octanol–water partition coefficient (Wildman–Crippen LogP) is 4.11. The van der Waals surface area contributed by atoms with E-state index in [4.69, 9.17) is 16.3 Å². The maximum Gasteiger partial charge on any atom is 0.154 e. The zero-order valence-electron chi connectivity index (χ0n) is 10.3. The largest absolute Gasteiger partial charge is 0.480 e. The van der Waals surface area contributed by atoms with Crippen LogP contribution in [0.5, 0.6) is 5.75 Å². The number of ether oxygens (including phenoxy) is 1. The highest BCUT2D eigenvalue weighted by Gasteiger charge is 2.29. The third-order valence-corrected chi connectivity index (χ3v) is 3.60. The first-order valence-corrected chi connectivity index (χ1v) is 6.45. The van der Waals surface area contributed by atoms with E-state index >= 15 is 0 Å². The molecule has 2 aromatic carbocycles. The number of hydrogen-bond acceptors (Lipinski definition) is 2. The molecule has 1 atom stereocenters. The van der Waals surface area contributed by atoms with Gasteiger partial charge in [0.15, 0.2) is 12.4 Å². The molecule has 0 saturated heterocycles. The molecule has 0 N–H and O–H groups in total. The molecule has 20 heavy (non-hydrogen) atoms. The van der Waals surface area contributed by atoms with Crippen LogP contribution in [-0.4, -0.2) is 6.29 Å². The van der Waals surface area contributed by atoms with E-state index in [1.807, 2.05) is 12.1 Å². The summed E-state index contributed by atoms with van der Waals surface area (Å²) in [5.41, 5.74) is 1.53. The molecule has 0 spiro atoms. The van der Waals surface area contributed by atoms with Crippen molar-refractivity contribution in [3.8, 4) is 5.75 Å². The van der Waals surface area contributed by atoms with Gasteiger partial charge in [0.25, 0.3) is 0 Å². The summed E-state index contributed by atoms with van der Waals surface area (Å²) in [5.74, 6) is 0.198. The second-order valence-electron chi connectivity index (χ2n) is 4.44. The lowest BCUT2D eigenvalue weighted by Crippen LogP contribution is -2.17. The van der Waals surface area contributed by atoms with Crippen LogP contribution in [0.2, 0.25) is 0 Å². The number of carbonyl (C=O) groups excluding carboxylic acids is 1. The fourth-order valence-electron chi connectivity index (χ4n) is 2.24. The lowest BCUT2D eigenvalue weighted by molar-refractivity contribution is -0.105. The first-order valence-electron chi connectivity index (χ1n) is 6.07. The smallest absolute Gasteiger partial charge is 0.154 e. The number of hydrogen-bond donors (Lipinski definition) is 0. The van der Waals surface area contributed by atoms with Crippen molar-refractivity contribution in [2.45, 2.75) is 6.10 Å². The maximum absolute atomic E-state index is 13.4. The van der Waals surface area contributed by atoms with Gasteiger partial charge in [-0.3, -0.25) is 4.79 Å². The van der Waals surface area contributed by atoms with Gasteiger partial charge in [-0.1, -0.05) is 35.9 Å². The number of rotatable bonds is 2. The maximum atomic E-state index is 13.4. The second-order valence-corrected chi connectivity index (χ2v) is 4.81. The Labute approximate surface area is 120 Å². The quantitative estimate of drug-likeness (QED) is 0.778. The van der Waals surface area contributed by atoms with Crippen molar-refractivity contribution in [1.82, 2.24) is 0 Å². The third-order valence-electron chi connectivity index (χ3n) is 3.18. The summed E-state index contributed by atoms with van der Waals surface area (Å²) in [5, 5.41) is 0.344. The van der Waals surface area contributed by atoms with E-state index < -0.39 is 6.10 Å². The average molecular weight is 289 g/mol. The monoisotopic (exact) mass is 288 g/mol. The van der Waals surface area contributed by atoms with Crippen LogP contribution in [0, 0.1) is 5.82 Å². The van der Waals surface area contributed by atoms with Crippen LogP contribution in [0.4, 0.5) is 4.39 Å². The SMILES string of the molecule is O=CC1=C(Cl)c2ccccc2OC1c1cccc(F)c1. The Morgan fingerprint density at radius 1 is 1.15 bits per heavy atom. The van der Waals surface area contributed by atoms with Crippen molar-refractivity contribution in [2.24, 2.45) is 0 Å². The highest BCUT2D eigenvalue weighted by Crippen LogP contribution is 2.42. The molecule has 0 aromatic heterocycles. The van der Waals surface area contributed by atoms with Gasteiger partial charge in [-0.2, -0.15) is 0 Å². The molecule has 100 valence electrons. The molecule has 1 aliphatic rings. The Morgan fingerprint density at radius 2 is 1.95 bits per heavy atom. The lowest BCUT2D eigenvalue weighted by Gasteiger charge is -2.27. The minimum Gasteiger partial charge on any atom is -0.480 e. The van der Waals surface area contributed by atoms with E-state index in [9.17, 15) is 9.18 Å².